The number of hydrogen-bond donors (Lipinski definition) is 2. The van der Waals surface area contributed by atoms with E-state index in [-0.39, 0.29) is 18.3 Å². The van der Waals surface area contributed by atoms with Gasteiger partial charge in [-0.3, -0.25) is 4.79 Å². The van der Waals surface area contributed by atoms with Crippen molar-refractivity contribution in [2.45, 2.75) is 52.4 Å². The van der Waals surface area contributed by atoms with Crippen molar-refractivity contribution < 1.29 is 4.79 Å². The van der Waals surface area contributed by atoms with Crippen molar-refractivity contribution in [1.29, 1.82) is 0 Å². The molecule has 1 amide bonds. The molecule has 1 atom stereocenters. The average Bonchev–Trinajstić information content (AvgIpc) is 2.36. The Labute approximate surface area is 118 Å². The Bertz CT molecular complexity index is 218. The number of nitrogens with one attached hydrogen (secondary N) is 2. The smallest absolute Gasteiger partial charge is 0.220 e. The van der Waals surface area contributed by atoms with E-state index in [0.29, 0.717) is 12.3 Å². The van der Waals surface area contributed by atoms with Gasteiger partial charge in [0.05, 0.1) is 0 Å². The van der Waals surface area contributed by atoms with Crippen LogP contribution in [0.25, 0.3) is 0 Å². The highest BCUT2D eigenvalue weighted by atomic mass is 35.5. The first-order valence-electron chi connectivity index (χ1n) is 7.21. The van der Waals surface area contributed by atoms with Gasteiger partial charge in [0.25, 0.3) is 0 Å². The molecule has 18 heavy (non-hydrogen) atoms. The Morgan fingerprint density at radius 2 is 1.89 bits per heavy atom. The molecule has 0 aromatic rings. The fourth-order valence-corrected chi connectivity index (χ4v) is 2.70. The summed E-state index contributed by atoms with van der Waals surface area (Å²) >= 11 is 0. The Kier molecular flexibility index (Phi) is 10.5. The predicted octanol–water partition coefficient (Wildman–Crippen LogP) is 2.74. The summed E-state index contributed by atoms with van der Waals surface area (Å²) in [5, 5.41) is 6.19. The van der Waals surface area contributed by atoms with Gasteiger partial charge in [0.2, 0.25) is 5.91 Å². The quantitative estimate of drug-likeness (QED) is 0.702. The lowest BCUT2D eigenvalue weighted by molar-refractivity contribution is -0.122. The highest BCUT2D eigenvalue weighted by Gasteiger charge is 2.21. The topological polar surface area (TPSA) is 41.1 Å². The van der Waals surface area contributed by atoms with E-state index < -0.39 is 0 Å². The largest absolute Gasteiger partial charge is 0.355 e. The number of amides is 1. The zero-order valence-corrected chi connectivity index (χ0v) is 12.7. The minimum Gasteiger partial charge on any atom is -0.355 e. The van der Waals surface area contributed by atoms with Gasteiger partial charge in [-0.05, 0) is 18.4 Å². The third-order valence-electron chi connectivity index (χ3n) is 3.84. The lowest BCUT2D eigenvalue weighted by Gasteiger charge is -2.27. The predicted molar refractivity (Wildman–Crippen MR) is 79.2 cm³/mol. The molecule has 108 valence electrons. The molecule has 3 nitrogen and oxygen atoms in total. The maximum Gasteiger partial charge on any atom is 0.220 e. The molecule has 0 saturated heterocycles. The molecule has 2 N–H and O–H groups in total. The van der Waals surface area contributed by atoms with E-state index in [2.05, 4.69) is 24.5 Å². The first-order valence-corrected chi connectivity index (χ1v) is 7.21. The van der Waals surface area contributed by atoms with Crippen molar-refractivity contribution >= 4 is 18.3 Å². The average molecular weight is 277 g/mol. The van der Waals surface area contributed by atoms with Crippen LogP contribution in [0.4, 0.5) is 0 Å². The van der Waals surface area contributed by atoms with E-state index in [1.807, 2.05) is 0 Å². The van der Waals surface area contributed by atoms with Crippen LogP contribution < -0.4 is 10.6 Å². The molecule has 1 unspecified atom stereocenters. The molecule has 1 fully saturated rings. The van der Waals surface area contributed by atoms with Crippen molar-refractivity contribution in [3.05, 3.63) is 0 Å². The molecule has 0 bridgehead atoms. The summed E-state index contributed by atoms with van der Waals surface area (Å²) in [7, 11) is 0. The summed E-state index contributed by atoms with van der Waals surface area (Å²) in [5.41, 5.74) is 0. The minimum atomic E-state index is 0. The van der Waals surface area contributed by atoms with Crippen LogP contribution >= 0.6 is 12.4 Å². The summed E-state index contributed by atoms with van der Waals surface area (Å²) in [6.45, 7) is 6.91. The molecular weight excluding hydrogens is 248 g/mol. The van der Waals surface area contributed by atoms with Crippen LogP contribution in [-0.2, 0) is 4.79 Å². The third-order valence-corrected chi connectivity index (χ3v) is 3.84. The zero-order valence-electron chi connectivity index (χ0n) is 11.8. The lowest BCUT2D eigenvalue weighted by Crippen LogP contribution is -2.33. The van der Waals surface area contributed by atoms with Crippen molar-refractivity contribution in [3.8, 4) is 0 Å². The third kappa shape index (κ3) is 7.22. The Hall–Kier alpha value is -0.280. The Morgan fingerprint density at radius 1 is 1.22 bits per heavy atom. The maximum absolute atomic E-state index is 11.7. The number of carbonyl (C=O) groups is 1. The van der Waals surface area contributed by atoms with Crippen LogP contribution in [-0.4, -0.2) is 25.5 Å². The fourth-order valence-electron chi connectivity index (χ4n) is 2.70. The Balaban J connectivity index is 0.00000289. The molecule has 0 aromatic carbocycles. The minimum absolute atomic E-state index is 0. The number of carbonyl (C=O) groups excluding carboxylic acids is 1. The monoisotopic (exact) mass is 276 g/mol. The summed E-state index contributed by atoms with van der Waals surface area (Å²) in [6.07, 6.45) is 7.46. The van der Waals surface area contributed by atoms with Crippen molar-refractivity contribution in [2.75, 3.05) is 19.6 Å². The summed E-state index contributed by atoms with van der Waals surface area (Å²) < 4.78 is 0. The maximum atomic E-state index is 11.7. The molecule has 1 aliphatic rings. The van der Waals surface area contributed by atoms with Gasteiger partial charge < -0.3 is 10.6 Å². The van der Waals surface area contributed by atoms with Gasteiger partial charge in [0, 0.05) is 19.5 Å². The second-order valence-corrected chi connectivity index (χ2v) is 5.28. The van der Waals surface area contributed by atoms with E-state index in [0.717, 1.165) is 25.6 Å². The highest BCUT2D eigenvalue weighted by molar-refractivity contribution is 5.85. The van der Waals surface area contributed by atoms with Crippen LogP contribution in [0.3, 0.4) is 0 Å². The first kappa shape index (κ1) is 17.7. The second kappa shape index (κ2) is 10.6. The van der Waals surface area contributed by atoms with Gasteiger partial charge >= 0.3 is 0 Å². The molecule has 0 heterocycles. The van der Waals surface area contributed by atoms with Crippen molar-refractivity contribution in [1.82, 2.24) is 10.6 Å². The normalized spacial score (nSPS) is 17.9. The molecule has 1 saturated carbocycles. The van der Waals surface area contributed by atoms with Crippen LogP contribution in [0, 0.1) is 11.8 Å². The van der Waals surface area contributed by atoms with Gasteiger partial charge in [0.15, 0.2) is 0 Å². The van der Waals surface area contributed by atoms with Crippen LogP contribution in [0.2, 0.25) is 0 Å². The zero-order chi connectivity index (χ0) is 12.5. The summed E-state index contributed by atoms with van der Waals surface area (Å²) in [6, 6.07) is 0. The summed E-state index contributed by atoms with van der Waals surface area (Å²) in [5.74, 6) is 1.55. The summed E-state index contributed by atoms with van der Waals surface area (Å²) in [4.78, 5) is 11.7. The van der Waals surface area contributed by atoms with Crippen molar-refractivity contribution in [2.24, 2.45) is 11.8 Å². The number of likely N-dealkylation sites (N-methyl/N-ethyl adjacent to an activating group) is 1. The molecule has 1 aliphatic carbocycles. The molecule has 0 aromatic heterocycles. The van der Waals surface area contributed by atoms with Gasteiger partial charge in [-0.15, -0.1) is 12.4 Å². The van der Waals surface area contributed by atoms with Gasteiger partial charge in [0.1, 0.15) is 0 Å². The van der Waals surface area contributed by atoms with Gasteiger partial charge in [-0.1, -0.05) is 46.0 Å². The second-order valence-electron chi connectivity index (χ2n) is 5.28. The number of rotatable bonds is 7. The molecular formula is C14H29ClN2O. The SMILES string of the molecule is CCNCCNC(=O)CC(C)C1CCCCC1.Cl. The van der Waals surface area contributed by atoms with Crippen LogP contribution in [0.1, 0.15) is 52.4 Å². The van der Waals surface area contributed by atoms with E-state index >= 15 is 0 Å². The van der Waals surface area contributed by atoms with Crippen molar-refractivity contribution in [3.63, 3.8) is 0 Å². The molecule has 0 radical (unpaired) electrons. The van der Waals surface area contributed by atoms with E-state index in [1.54, 1.807) is 0 Å². The molecule has 1 rings (SSSR count). The molecule has 4 heteroatoms. The number of hydrogen-bond acceptors (Lipinski definition) is 2. The first-order chi connectivity index (χ1) is 8.24. The lowest BCUT2D eigenvalue weighted by atomic mass is 9.79. The van der Waals surface area contributed by atoms with Gasteiger partial charge in [-0.25, -0.2) is 0 Å². The molecule has 0 aliphatic heterocycles. The number of halogens is 1. The standard InChI is InChI=1S/C14H28N2O.ClH/c1-3-15-9-10-16-14(17)11-12(2)13-7-5-4-6-8-13;/h12-13,15H,3-11H2,1-2H3,(H,16,17);1H. The highest BCUT2D eigenvalue weighted by Crippen LogP contribution is 2.31. The van der Waals surface area contributed by atoms with E-state index in [4.69, 9.17) is 0 Å². The van der Waals surface area contributed by atoms with E-state index in [1.165, 1.54) is 32.1 Å². The Morgan fingerprint density at radius 3 is 2.50 bits per heavy atom. The van der Waals surface area contributed by atoms with Crippen LogP contribution in [0.15, 0.2) is 0 Å². The fraction of sp³-hybridized carbons (Fsp3) is 0.929. The van der Waals surface area contributed by atoms with Gasteiger partial charge in [-0.2, -0.15) is 0 Å². The molecule has 0 spiro atoms. The van der Waals surface area contributed by atoms with Crippen LogP contribution in [0.5, 0.6) is 0 Å². The van der Waals surface area contributed by atoms with E-state index in [9.17, 15) is 4.79 Å².